The van der Waals surface area contributed by atoms with E-state index in [1.807, 2.05) is 24.3 Å². The molecule has 2 rings (SSSR count). The summed E-state index contributed by atoms with van der Waals surface area (Å²) in [5.74, 6) is 0.324. The molecule has 0 aliphatic heterocycles. The summed E-state index contributed by atoms with van der Waals surface area (Å²) in [7, 11) is 1.35. The van der Waals surface area contributed by atoms with Gasteiger partial charge in [-0.15, -0.1) is 0 Å². The van der Waals surface area contributed by atoms with Crippen LogP contribution in [-0.4, -0.2) is 32.0 Å². The smallest absolute Gasteiger partial charge is 0.427 e. The number of hydrogen-bond acceptors (Lipinski definition) is 6. The van der Waals surface area contributed by atoms with Crippen LogP contribution in [0.5, 0.6) is 5.75 Å². The van der Waals surface area contributed by atoms with E-state index in [4.69, 9.17) is 9.47 Å². The molecule has 0 saturated carbocycles. The van der Waals surface area contributed by atoms with Gasteiger partial charge in [-0.1, -0.05) is 12.1 Å². The minimum absolute atomic E-state index is 0.290. The third-order valence-electron chi connectivity index (χ3n) is 3.31. The molecule has 7 heteroatoms. The topological polar surface area (TPSA) is 86.2 Å². The molecular formula is C19H20N2O5. The fraction of sp³-hybridized carbons (Fsp3) is 0.211. The van der Waals surface area contributed by atoms with E-state index in [2.05, 4.69) is 15.3 Å². The first kappa shape index (κ1) is 19.0. The molecule has 0 aliphatic rings. The number of amides is 1. The van der Waals surface area contributed by atoms with Crippen LogP contribution in [0.1, 0.15) is 28.4 Å². The molecule has 26 heavy (non-hydrogen) atoms. The standard InChI is InChI=1S/C19H20N2O5/c1-3-25-19(23)21-20-12-14-6-10-17(11-7-14)26-13-15-4-8-16(9-5-15)18(22)24-2/h4-12H,3,13H2,1-2H3,(H,21,23)/b20-12+. The highest BCUT2D eigenvalue weighted by atomic mass is 16.5. The zero-order chi connectivity index (χ0) is 18.8. The molecule has 0 radical (unpaired) electrons. The van der Waals surface area contributed by atoms with Crippen molar-refractivity contribution >= 4 is 18.3 Å². The van der Waals surface area contributed by atoms with Gasteiger partial charge < -0.3 is 14.2 Å². The molecule has 0 saturated heterocycles. The van der Waals surface area contributed by atoms with E-state index in [-0.39, 0.29) is 5.97 Å². The zero-order valence-corrected chi connectivity index (χ0v) is 14.6. The Labute approximate surface area is 151 Å². The van der Waals surface area contributed by atoms with E-state index in [1.165, 1.54) is 13.3 Å². The number of nitrogens with zero attached hydrogens (tertiary/aromatic N) is 1. The Morgan fingerprint density at radius 2 is 1.77 bits per heavy atom. The van der Waals surface area contributed by atoms with Crippen molar-refractivity contribution < 1.29 is 23.8 Å². The van der Waals surface area contributed by atoms with E-state index in [1.54, 1.807) is 31.2 Å². The average Bonchev–Trinajstić information content (AvgIpc) is 2.67. The predicted octanol–water partition coefficient (Wildman–Crippen LogP) is 3.13. The lowest BCUT2D eigenvalue weighted by atomic mass is 10.1. The Bertz CT molecular complexity index is 755. The quantitative estimate of drug-likeness (QED) is 0.468. The number of esters is 1. The first-order valence-corrected chi connectivity index (χ1v) is 7.98. The normalized spacial score (nSPS) is 10.4. The number of benzene rings is 2. The first-order valence-electron chi connectivity index (χ1n) is 7.98. The fourth-order valence-corrected chi connectivity index (χ4v) is 1.99. The molecule has 136 valence electrons. The monoisotopic (exact) mass is 356 g/mol. The summed E-state index contributed by atoms with van der Waals surface area (Å²) < 4.78 is 15.0. The predicted molar refractivity (Wildman–Crippen MR) is 96.3 cm³/mol. The molecule has 0 spiro atoms. The van der Waals surface area contributed by atoms with Crippen LogP contribution in [0, 0.1) is 0 Å². The lowest BCUT2D eigenvalue weighted by Gasteiger charge is -2.07. The molecule has 7 nitrogen and oxygen atoms in total. The number of carbonyl (C=O) groups is 2. The van der Waals surface area contributed by atoms with Gasteiger partial charge in [0, 0.05) is 0 Å². The van der Waals surface area contributed by atoms with Gasteiger partial charge >= 0.3 is 12.1 Å². The lowest BCUT2D eigenvalue weighted by Crippen LogP contribution is -2.18. The van der Waals surface area contributed by atoms with Crippen molar-refractivity contribution in [2.24, 2.45) is 5.10 Å². The van der Waals surface area contributed by atoms with Crippen molar-refractivity contribution in [2.45, 2.75) is 13.5 Å². The zero-order valence-electron chi connectivity index (χ0n) is 14.6. The number of hydrazone groups is 1. The minimum Gasteiger partial charge on any atom is -0.489 e. The Hall–Kier alpha value is -3.35. The largest absolute Gasteiger partial charge is 0.489 e. The van der Waals surface area contributed by atoms with Crippen LogP contribution in [-0.2, 0) is 16.1 Å². The van der Waals surface area contributed by atoms with Crippen molar-refractivity contribution in [2.75, 3.05) is 13.7 Å². The molecule has 1 amide bonds. The highest BCUT2D eigenvalue weighted by molar-refractivity contribution is 5.89. The summed E-state index contributed by atoms with van der Waals surface area (Å²) in [5, 5.41) is 3.78. The molecule has 0 aromatic heterocycles. The number of carbonyl (C=O) groups excluding carboxylic acids is 2. The number of hydrogen-bond donors (Lipinski definition) is 1. The number of nitrogens with one attached hydrogen (secondary N) is 1. The maximum atomic E-state index is 11.4. The van der Waals surface area contributed by atoms with Gasteiger partial charge in [-0.05, 0) is 54.4 Å². The maximum absolute atomic E-state index is 11.4. The molecule has 2 aromatic carbocycles. The highest BCUT2D eigenvalue weighted by Gasteiger charge is 2.04. The van der Waals surface area contributed by atoms with Crippen molar-refractivity contribution in [3.63, 3.8) is 0 Å². The molecule has 1 N–H and O–H groups in total. The minimum atomic E-state index is -0.595. The molecule has 2 aromatic rings. The van der Waals surface area contributed by atoms with E-state index < -0.39 is 6.09 Å². The fourth-order valence-electron chi connectivity index (χ4n) is 1.99. The van der Waals surface area contributed by atoms with Crippen molar-refractivity contribution in [3.05, 3.63) is 65.2 Å². The van der Waals surface area contributed by atoms with E-state index >= 15 is 0 Å². The second-order valence-electron chi connectivity index (χ2n) is 5.14. The van der Waals surface area contributed by atoms with Crippen molar-refractivity contribution in [1.82, 2.24) is 5.43 Å². The summed E-state index contributed by atoms with van der Waals surface area (Å²) in [6.07, 6.45) is 0.911. The van der Waals surface area contributed by atoms with E-state index in [9.17, 15) is 9.59 Å². The Morgan fingerprint density at radius 3 is 2.38 bits per heavy atom. The molecule has 0 atom stereocenters. The van der Waals surface area contributed by atoms with Gasteiger partial charge in [-0.2, -0.15) is 5.10 Å². The van der Waals surface area contributed by atoms with E-state index in [0.29, 0.717) is 24.5 Å². The van der Waals surface area contributed by atoms with Crippen molar-refractivity contribution in [1.29, 1.82) is 0 Å². The van der Waals surface area contributed by atoms with E-state index in [0.717, 1.165) is 11.1 Å². The van der Waals surface area contributed by atoms with Gasteiger partial charge in [-0.3, -0.25) is 0 Å². The summed E-state index contributed by atoms with van der Waals surface area (Å²) >= 11 is 0. The van der Waals surface area contributed by atoms with Crippen LogP contribution in [0.25, 0.3) is 0 Å². The molecule has 0 fully saturated rings. The van der Waals surface area contributed by atoms with Gasteiger partial charge in [0.15, 0.2) is 0 Å². The van der Waals surface area contributed by atoms with Crippen molar-refractivity contribution in [3.8, 4) is 5.75 Å². The summed E-state index contributed by atoms with van der Waals surface area (Å²) in [6, 6.07) is 14.2. The molecule has 0 unspecified atom stereocenters. The van der Waals surface area contributed by atoms with Gasteiger partial charge in [0.1, 0.15) is 12.4 Å². The third kappa shape index (κ3) is 5.94. The number of methoxy groups -OCH3 is 1. The number of rotatable bonds is 7. The average molecular weight is 356 g/mol. The third-order valence-corrected chi connectivity index (χ3v) is 3.31. The lowest BCUT2D eigenvalue weighted by molar-refractivity contribution is 0.0600. The molecule has 0 bridgehead atoms. The van der Waals surface area contributed by atoms with Gasteiger partial charge in [0.2, 0.25) is 0 Å². The van der Waals surface area contributed by atoms with Crippen LogP contribution in [0.4, 0.5) is 4.79 Å². The van der Waals surface area contributed by atoms with Crippen LogP contribution in [0.15, 0.2) is 53.6 Å². The molecule has 0 aliphatic carbocycles. The summed E-state index contributed by atoms with van der Waals surface area (Å²) in [5.41, 5.74) is 4.49. The Kier molecular flexibility index (Phi) is 7.17. The first-order chi connectivity index (χ1) is 12.6. The van der Waals surface area contributed by atoms with Gasteiger partial charge in [0.25, 0.3) is 0 Å². The van der Waals surface area contributed by atoms with Crippen LogP contribution >= 0.6 is 0 Å². The number of ether oxygens (including phenoxy) is 3. The Morgan fingerprint density at radius 1 is 1.08 bits per heavy atom. The van der Waals surface area contributed by atoms with Gasteiger partial charge in [0.05, 0.1) is 25.5 Å². The highest BCUT2D eigenvalue weighted by Crippen LogP contribution is 2.14. The van der Waals surface area contributed by atoms with Crippen LogP contribution in [0.2, 0.25) is 0 Å². The molecule has 0 heterocycles. The Balaban J connectivity index is 1.84. The summed E-state index contributed by atoms with van der Waals surface area (Å²) in [6.45, 7) is 2.38. The van der Waals surface area contributed by atoms with Crippen LogP contribution in [0.3, 0.4) is 0 Å². The summed E-state index contributed by atoms with van der Waals surface area (Å²) in [4.78, 5) is 22.5. The second-order valence-corrected chi connectivity index (χ2v) is 5.14. The maximum Gasteiger partial charge on any atom is 0.427 e. The second kappa shape index (κ2) is 9.83. The molecular weight excluding hydrogens is 336 g/mol. The van der Waals surface area contributed by atoms with Gasteiger partial charge in [-0.25, -0.2) is 15.0 Å². The van der Waals surface area contributed by atoms with Crippen LogP contribution < -0.4 is 10.2 Å². The SMILES string of the molecule is CCOC(=O)N/N=C/c1ccc(OCc2ccc(C(=O)OC)cc2)cc1.